The molecule has 0 spiro atoms. The summed E-state index contributed by atoms with van der Waals surface area (Å²) in [4.78, 5) is 29.0. The minimum Gasteiger partial charge on any atom is -0.480 e. The first-order valence-electron chi connectivity index (χ1n) is 8.92. The van der Waals surface area contributed by atoms with E-state index >= 15 is 0 Å². The molecule has 144 valence electrons. The maximum absolute atomic E-state index is 12.8. The van der Waals surface area contributed by atoms with Crippen LogP contribution in [0.4, 0.5) is 0 Å². The van der Waals surface area contributed by atoms with Crippen LogP contribution in [0.2, 0.25) is 0 Å². The summed E-state index contributed by atoms with van der Waals surface area (Å²) in [6.45, 7) is 1.74. The third-order valence-electron chi connectivity index (χ3n) is 5.07. The van der Waals surface area contributed by atoms with Gasteiger partial charge in [-0.15, -0.1) is 5.10 Å². The molecule has 2 aromatic heterocycles. The number of amides is 1. The molecule has 1 aromatic carbocycles. The van der Waals surface area contributed by atoms with E-state index < -0.39 is 17.4 Å². The zero-order valence-electron chi connectivity index (χ0n) is 15.3. The number of aliphatic carboxylic acids is 1. The molecule has 1 aliphatic rings. The maximum atomic E-state index is 12.8. The van der Waals surface area contributed by atoms with Crippen molar-refractivity contribution in [2.24, 2.45) is 0 Å². The third-order valence-corrected chi connectivity index (χ3v) is 6.05. The number of fused-ring (bicyclic) bond motifs is 1. The van der Waals surface area contributed by atoms with Crippen molar-refractivity contribution in [3.63, 3.8) is 0 Å². The molecule has 9 heteroatoms. The number of aromatic nitrogens is 4. The van der Waals surface area contributed by atoms with Crippen LogP contribution in [0.5, 0.6) is 0 Å². The van der Waals surface area contributed by atoms with Crippen molar-refractivity contribution in [3.8, 4) is 5.69 Å². The van der Waals surface area contributed by atoms with E-state index in [9.17, 15) is 14.7 Å². The van der Waals surface area contributed by atoms with Crippen molar-refractivity contribution in [3.05, 3.63) is 47.9 Å². The van der Waals surface area contributed by atoms with Crippen molar-refractivity contribution in [1.29, 1.82) is 0 Å². The van der Waals surface area contributed by atoms with Crippen molar-refractivity contribution < 1.29 is 14.7 Å². The number of hydrogen-bond acceptors (Lipinski definition) is 6. The van der Waals surface area contributed by atoms with Crippen LogP contribution in [0.25, 0.3) is 16.6 Å². The molecule has 0 atom stereocenters. The molecule has 0 radical (unpaired) electrons. The molecule has 2 N–H and O–H groups in total. The summed E-state index contributed by atoms with van der Waals surface area (Å²) in [7, 11) is 0. The van der Waals surface area contributed by atoms with Gasteiger partial charge in [-0.05, 0) is 55.5 Å². The van der Waals surface area contributed by atoms with Gasteiger partial charge in [0, 0.05) is 11.6 Å². The van der Waals surface area contributed by atoms with Crippen LogP contribution in [0.3, 0.4) is 0 Å². The third kappa shape index (κ3) is 3.11. The first-order chi connectivity index (χ1) is 13.5. The lowest BCUT2D eigenvalue weighted by Gasteiger charge is -2.33. The van der Waals surface area contributed by atoms with E-state index in [0.29, 0.717) is 30.0 Å². The Hall–Kier alpha value is -2.94. The molecule has 1 fully saturated rings. The Morgan fingerprint density at radius 1 is 1.21 bits per heavy atom. The topological polar surface area (TPSA) is 110 Å². The molecule has 8 nitrogen and oxygen atoms in total. The second-order valence-electron chi connectivity index (χ2n) is 6.74. The van der Waals surface area contributed by atoms with Crippen molar-refractivity contribution in [1.82, 2.24) is 25.3 Å². The molecule has 4 rings (SSSR count). The second kappa shape index (κ2) is 7.23. The Bertz CT molecular complexity index is 1050. The Morgan fingerprint density at radius 2 is 2.00 bits per heavy atom. The number of benzene rings is 1. The van der Waals surface area contributed by atoms with Crippen LogP contribution in [-0.4, -0.2) is 54.0 Å². The van der Waals surface area contributed by atoms with Gasteiger partial charge in [0.2, 0.25) is 0 Å². The molecule has 1 aliphatic heterocycles. The van der Waals surface area contributed by atoms with Gasteiger partial charge < -0.3 is 10.4 Å². The van der Waals surface area contributed by atoms with E-state index in [2.05, 4.69) is 20.6 Å². The highest BCUT2D eigenvalue weighted by atomic mass is 32.2. The lowest BCUT2D eigenvalue weighted by molar-refractivity contribution is -0.144. The Labute approximate surface area is 165 Å². The van der Waals surface area contributed by atoms with Crippen molar-refractivity contribution in [2.75, 3.05) is 11.5 Å². The quantitative estimate of drug-likeness (QED) is 0.694. The van der Waals surface area contributed by atoms with Gasteiger partial charge >= 0.3 is 5.97 Å². The standard InChI is InChI=1S/C19H19N5O3S/c1-12-16(17(25)21-19(18(26)27)7-10-28-11-8-19)22-23-24(12)15-6-2-5-14-13(15)4-3-9-20-14/h2-6,9H,7-8,10-11H2,1H3,(H,21,25)(H,26,27). The fraction of sp³-hybridized carbons (Fsp3) is 0.316. The molecule has 28 heavy (non-hydrogen) atoms. The summed E-state index contributed by atoms with van der Waals surface area (Å²) in [6, 6.07) is 9.41. The summed E-state index contributed by atoms with van der Waals surface area (Å²) < 4.78 is 1.59. The fourth-order valence-corrected chi connectivity index (χ4v) is 4.62. The van der Waals surface area contributed by atoms with Crippen LogP contribution in [0, 0.1) is 6.92 Å². The number of rotatable bonds is 4. The number of pyridine rings is 1. The van der Waals surface area contributed by atoms with E-state index in [0.717, 1.165) is 16.6 Å². The van der Waals surface area contributed by atoms with E-state index in [1.54, 1.807) is 29.6 Å². The number of carbonyl (C=O) groups excluding carboxylic acids is 1. The van der Waals surface area contributed by atoms with E-state index in [1.807, 2.05) is 30.3 Å². The van der Waals surface area contributed by atoms with Crippen LogP contribution < -0.4 is 5.32 Å². The van der Waals surface area contributed by atoms with Gasteiger partial charge in [-0.1, -0.05) is 11.3 Å². The zero-order valence-corrected chi connectivity index (χ0v) is 16.1. The molecule has 0 aliphatic carbocycles. The summed E-state index contributed by atoms with van der Waals surface area (Å²) in [6.07, 6.45) is 2.49. The Balaban J connectivity index is 1.68. The van der Waals surface area contributed by atoms with Crippen LogP contribution in [-0.2, 0) is 4.79 Å². The molecule has 0 saturated carbocycles. The number of thioether (sulfide) groups is 1. The smallest absolute Gasteiger partial charge is 0.329 e. The average Bonchev–Trinajstić information content (AvgIpc) is 3.09. The first kappa shape index (κ1) is 18.4. The fourth-order valence-electron chi connectivity index (χ4n) is 3.43. The second-order valence-corrected chi connectivity index (χ2v) is 7.96. The van der Waals surface area contributed by atoms with Crippen LogP contribution in [0.15, 0.2) is 36.5 Å². The summed E-state index contributed by atoms with van der Waals surface area (Å²) >= 11 is 1.69. The lowest BCUT2D eigenvalue weighted by Crippen LogP contribution is -2.56. The average molecular weight is 397 g/mol. The minimum absolute atomic E-state index is 0.125. The van der Waals surface area contributed by atoms with E-state index in [4.69, 9.17) is 0 Å². The van der Waals surface area contributed by atoms with Gasteiger partial charge in [0.1, 0.15) is 5.54 Å². The Morgan fingerprint density at radius 3 is 2.75 bits per heavy atom. The van der Waals surface area contributed by atoms with Gasteiger partial charge in [0.15, 0.2) is 5.69 Å². The number of carboxylic acid groups (broad SMARTS) is 1. The monoisotopic (exact) mass is 397 g/mol. The van der Waals surface area contributed by atoms with Crippen molar-refractivity contribution in [2.45, 2.75) is 25.3 Å². The van der Waals surface area contributed by atoms with Crippen LogP contribution >= 0.6 is 11.8 Å². The summed E-state index contributed by atoms with van der Waals surface area (Å²) in [5, 5.41) is 21.5. The van der Waals surface area contributed by atoms with Gasteiger partial charge in [0.25, 0.3) is 5.91 Å². The Kier molecular flexibility index (Phi) is 4.76. The lowest BCUT2D eigenvalue weighted by atomic mass is 9.92. The summed E-state index contributed by atoms with van der Waals surface area (Å²) in [5.74, 6) is -0.134. The highest BCUT2D eigenvalue weighted by Gasteiger charge is 2.42. The SMILES string of the molecule is Cc1c(C(=O)NC2(C(=O)O)CCSCC2)nnn1-c1cccc2ncccc12. The first-order valence-corrected chi connectivity index (χ1v) is 10.1. The van der Waals surface area contributed by atoms with E-state index in [1.165, 1.54) is 0 Å². The molecule has 0 unspecified atom stereocenters. The maximum Gasteiger partial charge on any atom is 0.329 e. The number of nitrogens with zero attached hydrogens (tertiary/aromatic N) is 4. The number of hydrogen-bond donors (Lipinski definition) is 2. The predicted molar refractivity (Wildman–Crippen MR) is 106 cm³/mol. The highest BCUT2D eigenvalue weighted by Crippen LogP contribution is 2.28. The van der Waals surface area contributed by atoms with Gasteiger partial charge in [-0.25, -0.2) is 9.48 Å². The number of nitrogens with one attached hydrogen (secondary N) is 1. The van der Waals surface area contributed by atoms with E-state index in [-0.39, 0.29) is 5.69 Å². The molecule has 1 amide bonds. The minimum atomic E-state index is -1.25. The largest absolute Gasteiger partial charge is 0.480 e. The molecule has 3 aromatic rings. The molecule has 1 saturated heterocycles. The van der Waals surface area contributed by atoms with Gasteiger partial charge in [0.05, 0.1) is 16.9 Å². The predicted octanol–water partition coefficient (Wildman–Crippen LogP) is 2.20. The highest BCUT2D eigenvalue weighted by molar-refractivity contribution is 7.99. The molecule has 3 heterocycles. The molecular weight excluding hydrogens is 378 g/mol. The van der Waals surface area contributed by atoms with Crippen LogP contribution in [0.1, 0.15) is 29.0 Å². The summed E-state index contributed by atoms with van der Waals surface area (Å²) in [5.41, 5.74) is 0.989. The van der Waals surface area contributed by atoms with Gasteiger partial charge in [-0.2, -0.15) is 11.8 Å². The zero-order chi connectivity index (χ0) is 19.7. The molecule has 0 bridgehead atoms. The van der Waals surface area contributed by atoms with Crippen molar-refractivity contribution >= 4 is 34.5 Å². The van der Waals surface area contributed by atoms with Gasteiger partial charge in [-0.3, -0.25) is 9.78 Å². The molecular formula is C19H19N5O3S. The number of carbonyl (C=O) groups is 2. The normalized spacial score (nSPS) is 16.0. The number of carboxylic acids is 1.